The zero-order valence-electron chi connectivity index (χ0n) is 6.79. The first kappa shape index (κ1) is 7.43. The van der Waals surface area contributed by atoms with Crippen LogP contribution in [0.5, 0.6) is 5.75 Å². The van der Waals surface area contributed by atoms with Gasteiger partial charge in [-0.25, -0.2) is 0 Å². The maximum Gasteiger partial charge on any atom is 0.126 e. The van der Waals surface area contributed by atoms with Gasteiger partial charge in [-0.2, -0.15) is 0 Å². The molecule has 0 saturated heterocycles. The third-order valence-electron chi connectivity index (χ3n) is 2.12. The van der Waals surface area contributed by atoms with E-state index in [0.717, 1.165) is 23.4 Å². The zero-order chi connectivity index (χ0) is 8.55. The van der Waals surface area contributed by atoms with E-state index in [1.165, 1.54) is 0 Å². The fourth-order valence-corrected chi connectivity index (χ4v) is 1.43. The fourth-order valence-electron chi connectivity index (χ4n) is 1.43. The van der Waals surface area contributed by atoms with Gasteiger partial charge in [-0.05, 0) is 6.07 Å². The normalized spacial score (nSPS) is 21.2. The average Bonchev–Trinajstić information content (AvgIpc) is 2.04. The lowest BCUT2D eigenvalue weighted by atomic mass is 10.0. The van der Waals surface area contributed by atoms with Crippen LogP contribution in [-0.4, -0.2) is 6.61 Å². The quantitative estimate of drug-likeness (QED) is 0.563. The summed E-state index contributed by atoms with van der Waals surface area (Å²) in [4.78, 5) is 0. The highest BCUT2D eigenvalue weighted by molar-refractivity contribution is 5.50. The Bertz CT molecular complexity index is 299. The summed E-state index contributed by atoms with van der Waals surface area (Å²) >= 11 is 0. The van der Waals surface area contributed by atoms with Crippen LogP contribution in [0.15, 0.2) is 18.2 Å². The Morgan fingerprint density at radius 1 is 1.42 bits per heavy atom. The van der Waals surface area contributed by atoms with Crippen LogP contribution in [0.4, 0.5) is 5.69 Å². The van der Waals surface area contributed by atoms with Crippen molar-refractivity contribution in [3.8, 4) is 5.75 Å². The van der Waals surface area contributed by atoms with E-state index < -0.39 is 0 Å². The number of hydrogen-bond acceptors (Lipinski definition) is 3. The highest BCUT2D eigenvalue weighted by Gasteiger charge is 2.17. The van der Waals surface area contributed by atoms with E-state index in [0.29, 0.717) is 6.61 Å². The Kier molecular flexibility index (Phi) is 1.66. The molecule has 0 bridgehead atoms. The Balaban J connectivity index is 2.46. The number of nitrogens with two attached hydrogens (primary N) is 2. The number of fused-ring (bicyclic) bond motifs is 1. The molecule has 0 spiro atoms. The topological polar surface area (TPSA) is 61.3 Å². The molecule has 3 heteroatoms. The van der Waals surface area contributed by atoms with E-state index in [1.807, 2.05) is 18.2 Å². The van der Waals surface area contributed by atoms with Crippen LogP contribution in [0.25, 0.3) is 0 Å². The van der Waals surface area contributed by atoms with Crippen LogP contribution in [-0.2, 0) is 0 Å². The van der Waals surface area contributed by atoms with Crippen molar-refractivity contribution in [1.82, 2.24) is 0 Å². The van der Waals surface area contributed by atoms with Gasteiger partial charge in [-0.3, -0.25) is 0 Å². The molecule has 1 atom stereocenters. The van der Waals surface area contributed by atoms with E-state index in [9.17, 15) is 0 Å². The molecule has 1 aromatic carbocycles. The molecule has 1 aliphatic heterocycles. The standard InChI is InChI=1S/C9H12N2O/c10-6-1-2-7-8(11)3-4-12-9(7)5-6/h1-2,5,8H,3-4,10-11H2. The van der Waals surface area contributed by atoms with Crippen LogP contribution in [0.2, 0.25) is 0 Å². The molecule has 64 valence electrons. The number of anilines is 1. The molecule has 0 saturated carbocycles. The molecule has 0 aromatic heterocycles. The van der Waals surface area contributed by atoms with Crippen molar-refractivity contribution in [2.75, 3.05) is 12.3 Å². The van der Waals surface area contributed by atoms with Gasteiger partial charge in [-0.15, -0.1) is 0 Å². The Hall–Kier alpha value is -1.22. The van der Waals surface area contributed by atoms with Gasteiger partial charge in [0.1, 0.15) is 5.75 Å². The average molecular weight is 164 g/mol. The summed E-state index contributed by atoms with van der Waals surface area (Å²) in [6.07, 6.45) is 0.886. The molecule has 12 heavy (non-hydrogen) atoms. The summed E-state index contributed by atoms with van der Waals surface area (Å²) in [6, 6.07) is 5.73. The fraction of sp³-hybridized carbons (Fsp3) is 0.333. The van der Waals surface area contributed by atoms with E-state index in [-0.39, 0.29) is 6.04 Å². The summed E-state index contributed by atoms with van der Waals surface area (Å²) in [5.74, 6) is 0.841. The maximum absolute atomic E-state index is 5.88. The van der Waals surface area contributed by atoms with Gasteiger partial charge in [0.15, 0.2) is 0 Å². The molecule has 0 amide bonds. The number of rotatable bonds is 0. The largest absolute Gasteiger partial charge is 0.493 e. The monoisotopic (exact) mass is 164 g/mol. The Labute approximate surface area is 71.3 Å². The molecule has 1 aromatic rings. The Morgan fingerprint density at radius 2 is 2.25 bits per heavy atom. The number of ether oxygens (including phenoxy) is 1. The van der Waals surface area contributed by atoms with Gasteiger partial charge in [0.2, 0.25) is 0 Å². The lowest BCUT2D eigenvalue weighted by Gasteiger charge is -2.22. The second-order valence-corrected chi connectivity index (χ2v) is 3.04. The minimum absolute atomic E-state index is 0.106. The van der Waals surface area contributed by atoms with Crippen molar-refractivity contribution in [2.45, 2.75) is 12.5 Å². The molecule has 0 radical (unpaired) electrons. The predicted molar refractivity (Wildman–Crippen MR) is 47.9 cm³/mol. The van der Waals surface area contributed by atoms with E-state index in [1.54, 1.807) is 0 Å². The summed E-state index contributed by atoms with van der Waals surface area (Å²) in [7, 11) is 0. The summed E-state index contributed by atoms with van der Waals surface area (Å²) in [5, 5.41) is 0. The molecular weight excluding hydrogens is 152 g/mol. The lowest BCUT2D eigenvalue weighted by molar-refractivity contribution is 0.269. The molecule has 0 aliphatic carbocycles. The predicted octanol–water partition coefficient (Wildman–Crippen LogP) is 1.05. The van der Waals surface area contributed by atoms with Crippen molar-refractivity contribution in [2.24, 2.45) is 5.73 Å². The van der Waals surface area contributed by atoms with Gasteiger partial charge in [0.25, 0.3) is 0 Å². The van der Waals surface area contributed by atoms with E-state index in [4.69, 9.17) is 16.2 Å². The van der Waals surface area contributed by atoms with Crippen molar-refractivity contribution in [3.05, 3.63) is 23.8 Å². The number of benzene rings is 1. The van der Waals surface area contributed by atoms with Crippen LogP contribution in [0.3, 0.4) is 0 Å². The molecule has 1 unspecified atom stereocenters. The molecule has 1 aliphatic rings. The SMILES string of the molecule is Nc1ccc2c(c1)OCCC2N. The first-order valence-electron chi connectivity index (χ1n) is 4.05. The van der Waals surface area contributed by atoms with Crippen LogP contribution in [0, 0.1) is 0 Å². The number of hydrogen-bond donors (Lipinski definition) is 2. The molecule has 3 nitrogen and oxygen atoms in total. The van der Waals surface area contributed by atoms with Gasteiger partial charge in [-0.1, -0.05) is 6.07 Å². The van der Waals surface area contributed by atoms with Gasteiger partial charge in [0, 0.05) is 29.8 Å². The summed E-state index contributed by atoms with van der Waals surface area (Å²) in [6.45, 7) is 0.692. The van der Waals surface area contributed by atoms with Crippen molar-refractivity contribution in [1.29, 1.82) is 0 Å². The first-order chi connectivity index (χ1) is 5.77. The molecule has 0 fully saturated rings. The lowest BCUT2D eigenvalue weighted by Crippen LogP contribution is -2.20. The highest BCUT2D eigenvalue weighted by Crippen LogP contribution is 2.31. The van der Waals surface area contributed by atoms with Crippen molar-refractivity contribution < 1.29 is 4.74 Å². The van der Waals surface area contributed by atoms with Crippen molar-refractivity contribution >= 4 is 5.69 Å². The molecular formula is C9H12N2O. The van der Waals surface area contributed by atoms with Gasteiger partial charge in [0.05, 0.1) is 6.61 Å². The third-order valence-corrected chi connectivity index (χ3v) is 2.12. The smallest absolute Gasteiger partial charge is 0.126 e. The summed E-state index contributed by atoms with van der Waals surface area (Å²) in [5.41, 5.74) is 13.3. The van der Waals surface area contributed by atoms with E-state index in [2.05, 4.69) is 0 Å². The van der Waals surface area contributed by atoms with Gasteiger partial charge < -0.3 is 16.2 Å². The minimum Gasteiger partial charge on any atom is -0.493 e. The highest BCUT2D eigenvalue weighted by atomic mass is 16.5. The second kappa shape index (κ2) is 2.68. The third kappa shape index (κ3) is 1.12. The Morgan fingerprint density at radius 3 is 3.08 bits per heavy atom. The van der Waals surface area contributed by atoms with E-state index >= 15 is 0 Å². The van der Waals surface area contributed by atoms with Gasteiger partial charge >= 0.3 is 0 Å². The van der Waals surface area contributed by atoms with Crippen LogP contribution in [0.1, 0.15) is 18.0 Å². The summed E-state index contributed by atoms with van der Waals surface area (Å²) < 4.78 is 5.41. The van der Waals surface area contributed by atoms with Crippen molar-refractivity contribution in [3.63, 3.8) is 0 Å². The van der Waals surface area contributed by atoms with Crippen LogP contribution >= 0.6 is 0 Å². The molecule has 2 rings (SSSR count). The molecule has 1 heterocycles. The minimum atomic E-state index is 0.106. The van der Waals surface area contributed by atoms with Crippen LogP contribution < -0.4 is 16.2 Å². The second-order valence-electron chi connectivity index (χ2n) is 3.04. The maximum atomic E-state index is 5.88. The number of nitrogen functional groups attached to an aromatic ring is 1. The zero-order valence-corrected chi connectivity index (χ0v) is 6.79. The molecule has 4 N–H and O–H groups in total. The first-order valence-corrected chi connectivity index (χ1v) is 4.05.